The van der Waals surface area contributed by atoms with Crippen LogP contribution in [-0.4, -0.2) is 18.7 Å². The van der Waals surface area contributed by atoms with Gasteiger partial charge in [-0.1, -0.05) is 6.07 Å². The second-order valence-corrected chi connectivity index (χ2v) is 5.72. The van der Waals surface area contributed by atoms with Gasteiger partial charge in [-0.25, -0.2) is 0 Å². The average Bonchev–Trinajstić information content (AvgIpc) is 2.98. The monoisotopic (exact) mass is 312 g/mol. The highest BCUT2D eigenvalue weighted by Gasteiger charge is 2.17. The van der Waals surface area contributed by atoms with Crippen molar-refractivity contribution in [1.82, 2.24) is 0 Å². The summed E-state index contributed by atoms with van der Waals surface area (Å²) in [5.41, 5.74) is 4.04. The summed E-state index contributed by atoms with van der Waals surface area (Å²) in [5.74, 6) is 1.24. The Balaban J connectivity index is 1.64. The van der Waals surface area contributed by atoms with Crippen LogP contribution in [0, 0.1) is 13.8 Å². The number of ether oxygens (including phenoxy) is 2. The lowest BCUT2D eigenvalue weighted by Gasteiger charge is -2.16. The van der Waals surface area contributed by atoms with E-state index in [1.54, 1.807) is 18.2 Å². The van der Waals surface area contributed by atoms with E-state index in [0.29, 0.717) is 17.2 Å². The highest BCUT2D eigenvalue weighted by atomic mass is 16.7. The molecule has 0 saturated carbocycles. The van der Waals surface area contributed by atoms with Crippen molar-refractivity contribution in [3.63, 3.8) is 0 Å². The Morgan fingerprint density at radius 1 is 1.00 bits per heavy atom. The first kappa shape index (κ1) is 15.2. The van der Waals surface area contributed by atoms with Gasteiger partial charge in [0.2, 0.25) is 12.7 Å². The molecule has 0 aromatic heterocycles. The van der Waals surface area contributed by atoms with E-state index in [-0.39, 0.29) is 18.7 Å². The lowest BCUT2D eigenvalue weighted by Crippen LogP contribution is -2.31. The molecule has 1 aliphatic heterocycles. The molecule has 0 aliphatic carbocycles. The van der Waals surface area contributed by atoms with Crippen LogP contribution in [0.1, 0.15) is 18.1 Å². The Kier molecular flexibility index (Phi) is 4.10. The van der Waals surface area contributed by atoms with E-state index in [2.05, 4.69) is 24.5 Å². The van der Waals surface area contributed by atoms with Gasteiger partial charge >= 0.3 is 0 Å². The minimum absolute atomic E-state index is 0.109. The summed E-state index contributed by atoms with van der Waals surface area (Å²) in [7, 11) is 0. The van der Waals surface area contributed by atoms with Gasteiger partial charge in [0.15, 0.2) is 11.5 Å². The van der Waals surface area contributed by atoms with E-state index in [0.717, 1.165) is 5.69 Å². The van der Waals surface area contributed by atoms with Gasteiger partial charge in [-0.2, -0.15) is 0 Å². The summed E-state index contributed by atoms with van der Waals surface area (Å²) >= 11 is 0. The topological polar surface area (TPSA) is 59.6 Å². The molecule has 0 unspecified atom stereocenters. The molecule has 3 rings (SSSR count). The molecule has 5 heteroatoms. The Bertz CT molecular complexity index is 743. The third-order valence-corrected chi connectivity index (χ3v) is 3.92. The predicted molar refractivity (Wildman–Crippen MR) is 90.2 cm³/mol. The van der Waals surface area contributed by atoms with Crippen LogP contribution < -0.4 is 20.1 Å². The number of benzene rings is 2. The molecular formula is C18H20N2O3. The minimum atomic E-state index is -0.359. The summed E-state index contributed by atoms with van der Waals surface area (Å²) < 4.78 is 10.6. The number of fused-ring (bicyclic) bond motifs is 1. The minimum Gasteiger partial charge on any atom is -0.454 e. The Labute approximate surface area is 135 Å². The first-order valence-corrected chi connectivity index (χ1v) is 7.57. The fourth-order valence-electron chi connectivity index (χ4n) is 2.37. The molecule has 23 heavy (non-hydrogen) atoms. The van der Waals surface area contributed by atoms with Gasteiger partial charge in [-0.15, -0.1) is 0 Å². The predicted octanol–water partition coefficient (Wildman–Crippen LogP) is 3.47. The van der Waals surface area contributed by atoms with Gasteiger partial charge in [0.25, 0.3) is 0 Å². The average molecular weight is 312 g/mol. The Morgan fingerprint density at radius 3 is 2.52 bits per heavy atom. The van der Waals surface area contributed by atoms with Crippen LogP contribution in [0.15, 0.2) is 36.4 Å². The number of rotatable bonds is 4. The van der Waals surface area contributed by atoms with E-state index in [1.807, 2.05) is 25.1 Å². The van der Waals surface area contributed by atoms with Crippen LogP contribution in [-0.2, 0) is 4.79 Å². The van der Waals surface area contributed by atoms with E-state index < -0.39 is 0 Å². The largest absolute Gasteiger partial charge is 0.454 e. The highest BCUT2D eigenvalue weighted by molar-refractivity contribution is 5.96. The second kappa shape index (κ2) is 6.20. The molecule has 0 bridgehead atoms. The molecular weight excluding hydrogens is 292 g/mol. The smallest absolute Gasteiger partial charge is 0.246 e. The van der Waals surface area contributed by atoms with Crippen LogP contribution in [0.4, 0.5) is 11.4 Å². The molecule has 0 fully saturated rings. The maximum atomic E-state index is 12.3. The molecule has 0 radical (unpaired) electrons. The summed E-state index contributed by atoms with van der Waals surface area (Å²) in [6, 6.07) is 11.1. The van der Waals surface area contributed by atoms with E-state index in [4.69, 9.17) is 9.47 Å². The standard InChI is InChI=1S/C18H20N2O3/c1-11-4-5-14(8-12(11)2)19-13(3)18(21)20-15-6-7-16-17(9-15)23-10-22-16/h4-9,13,19H,10H2,1-3H3,(H,20,21)/t13-/m0/s1. The highest BCUT2D eigenvalue weighted by Crippen LogP contribution is 2.34. The van der Waals surface area contributed by atoms with Gasteiger partial charge in [0, 0.05) is 17.4 Å². The van der Waals surface area contributed by atoms with Crippen LogP contribution in [0.3, 0.4) is 0 Å². The molecule has 2 N–H and O–H groups in total. The van der Waals surface area contributed by atoms with Gasteiger partial charge in [-0.3, -0.25) is 4.79 Å². The fourth-order valence-corrected chi connectivity index (χ4v) is 2.37. The van der Waals surface area contributed by atoms with Gasteiger partial charge in [-0.05, 0) is 56.2 Å². The quantitative estimate of drug-likeness (QED) is 0.907. The zero-order valence-corrected chi connectivity index (χ0v) is 13.5. The van der Waals surface area contributed by atoms with Crippen molar-refractivity contribution in [2.75, 3.05) is 17.4 Å². The van der Waals surface area contributed by atoms with Crippen molar-refractivity contribution in [3.05, 3.63) is 47.5 Å². The van der Waals surface area contributed by atoms with Crippen LogP contribution in [0.2, 0.25) is 0 Å². The van der Waals surface area contributed by atoms with Crippen molar-refractivity contribution < 1.29 is 14.3 Å². The number of hydrogen-bond donors (Lipinski definition) is 2. The normalized spacial score (nSPS) is 13.5. The van der Waals surface area contributed by atoms with Crippen molar-refractivity contribution in [3.8, 4) is 11.5 Å². The molecule has 1 aliphatic rings. The van der Waals surface area contributed by atoms with E-state index in [9.17, 15) is 4.79 Å². The molecule has 2 aromatic rings. The van der Waals surface area contributed by atoms with E-state index in [1.165, 1.54) is 11.1 Å². The van der Waals surface area contributed by atoms with Crippen LogP contribution >= 0.6 is 0 Å². The zero-order valence-electron chi connectivity index (χ0n) is 13.5. The van der Waals surface area contributed by atoms with Gasteiger partial charge < -0.3 is 20.1 Å². The number of carbonyl (C=O) groups excluding carboxylic acids is 1. The molecule has 0 spiro atoms. The molecule has 1 heterocycles. The Hall–Kier alpha value is -2.69. The first-order valence-electron chi connectivity index (χ1n) is 7.57. The number of hydrogen-bond acceptors (Lipinski definition) is 4. The maximum Gasteiger partial charge on any atom is 0.246 e. The van der Waals surface area contributed by atoms with Crippen molar-refractivity contribution in [1.29, 1.82) is 0 Å². The van der Waals surface area contributed by atoms with Crippen molar-refractivity contribution in [2.24, 2.45) is 0 Å². The summed E-state index contributed by atoms with van der Waals surface area (Å²) in [4.78, 5) is 12.3. The summed E-state index contributed by atoms with van der Waals surface area (Å²) in [5, 5.41) is 6.09. The number of carbonyl (C=O) groups is 1. The first-order chi connectivity index (χ1) is 11.0. The number of aryl methyl sites for hydroxylation is 2. The van der Waals surface area contributed by atoms with Crippen molar-refractivity contribution >= 4 is 17.3 Å². The lowest BCUT2D eigenvalue weighted by atomic mass is 10.1. The number of anilines is 2. The Morgan fingerprint density at radius 2 is 1.74 bits per heavy atom. The van der Waals surface area contributed by atoms with Crippen molar-refractivity contribution in [2.45, 2.75) is 26.8 Å². The SMILES string of the molecule is Cc1ccc(N[C@@H](C)C(=O)Nc2ccc3c(c2)OCO3)cc1C. The molecule has 1 amide bonds. The molecule has 0 saturated heterocycles. The zero-order chi connectivity index (χ0) is 16.4. The fraction of sp³-hybridized carbons (Fsp3) is 0.278. The molecule has 2 aromatic carbocycles. The lowest BCUT2D eigenvalue weighted by molar-refractivity contribution is -0.116. The third kappa shape index (κ3) is 3.39. The third-order valence-electron chi connectivity index (χ3n) is 3.92. The summed E-state index contributed by atoms with van der Waals surface area (Å²) in [6.07, 6.45) is 0. The van der Waals surface area contributed by atoms with Crippen LogP contribution in [0.25, 0.3) is 0 Å². The molecule has 120 valence electrons. The number of nitrogens with one attached hydrogen (secondary N) is 2. The second-order valence-electron chi connectivity index (χ2n) is 5.72. The van der Waals surface area contributed by atoms with Crippen LogP contribution in [0.5, 0.6) is 11.5 Å². The van der Waals surface area contributed by atoms with E-state index >= 15 is 0 Å². The molecule has 1 atom stereocenters. The number of amides is 1. The molecule has 5 nitrogen and oxygen atoms in total. The maximum absolute atomic E-state index is 12.3. The van der Waals surface area contributed by atoms with Gasteiger partial charge in [0.1, 0.15) is 6.04 Å². The van der Waals surface area contributed by atoms with Gasteiger partial charge in [0.05, 0.1) is 0 Å². The summed E-state index contributed by atoms with van der Waals surface area (Å²) in [6.45, 7) is 6.17.